The van der Waals surface area contributed by atoms with E-state index in [1.807, 2.05) is 0 Å². The van der Waals surface area contributed by atoms with E-state index in [0.29, 0.717) is 40.4 Å². The number of nitrogens with one attached hydrogen (secondary N) is 1. The Morgan fingerprint density at radius 1 is 1.00 bits per heavy atom. The molecule has 150 valence electrons. The number of hydrogen-bond acceptors (Lipinski definition) is 5. The van der Waals surface area contributed by atoms with E-state index >= 15 is 0 Å². The van der Waals surface area contributed by atoms with Crippen molar-refractivity contribution < 1.29 is 18.0 Å². The van der Waals surface area contributed by atoms with Gasteiger partial charge in [-0.1, -0.05) is 13.8 Å². The molecule has 2 heterocycles. The maximum absolute atomic E-state index is 12.9. The minimum absolute atomic E-state index is 0.0834. The van der Waals surface area contributed by atoms with Gasteiger partial charge in [0.05, 0.1) is 14.6 Å². The average molecular weight is 421 g/mol. The van der Waals surface area contributed by atoms with E-state index in [1.54, 1.807) is 28.6 Å². The summed E-state index contributed by atoms with van der Waals surface area (Å²) in [5.74, 6) is 0.261. The molecule has 8 heteroatoms. The van der Waals surface area contributed by atoms with E-state index < -0.39 is 10.0 Å². The molecule has 6 nitrogen and oxygen atoms in total. The van der Waals surface area contributed by atoms with E-state index in [9.17, 15) is 18.0 Å². The molecule has 1 aromatic carbocycles. The van der Waals surface area contributed by atoms with Crippen molar-refractivity contribution in [3.63, 3.8) is 0 Å². The highest BCUT2D eigenvalue weighted by atomic mass is 32.2. The van der Waals surface area contributed by atoms with Crippen LogP contribution in [0.5, 0.6) is 0 Å². The van der Waals surface area contributed by atoms with Gasteiger partial charge < -0.3 is 5.32 Å². The predicted octanol–water partition coefficient (Wildman–Crippen LogP) is 3.87. The molecule has 0 bridgehead atoms. The van der Waals surface area contributed by atoms with E-state index in [2.05, 4.69) is 19.2 Å². The fraction of sp³-hybridized carbons (Fsp3) is 0.400. The number of amides is 1. The van der Waals surface area contributed by atoms with Gasteiger partial charge in [0.1, 0.15) is 0 Å². The van der Waals surface area contributed by atoms with Gasteiger partial charge in [-0.25, -0.2) is 8.42 Å². The zero-order valence-electron chi connectivity index (χ0n) is 16.1. The number of Topliss-reactive ketones (excluding diaryl/α,β-unsaturated/α-hetero) is 1. The Hall–Kier alpha value is -2.03. The third-order valence-electron chi connectivity index (χ3n) is 4.76. The third kappa shape index (κ3) is 4.51. The molecule has 2 atom stereocenters. The first kappa shape index (κ1) is 20.7. The summed E-state index contributed by atoms with van der Waals surface area (Å²) in [5.41, 5.74) is 0.502. The highest BCUT2D eigenvalue weighted by Crippen LogP contribution is 2.27. The first-order valence-electron chi connectivity index (χ1n) is 9.19. The molecular formula is C20H24N2O4S2. The van der Waals surface area contributed by atoms with Crippen LogP contribution in [0.15, 0.2) is 41.3 Å². The number of nitrogens with zero attached hydrogens (tertiary/aromatic N) is 1. The summed E-state index contributed by atoms with van der Waals surface area (Å²) >= 11 is 1.13. The summed E-state index contributed by atoms with van der Waals surface area (Å²) in [6, 6.07) is 9.43. The molecule has 2 aromatic rings. The van der Waals surface area contributed by atoms with Crippen LogP contribution in [0.25, 0.3) is 0 Å². The van der Waals surface area contributed by atoms with Crippen LogP contribution in [0.1, 0.15) is 46.5 Å². The molecule has 1 aliphatic heterocycles. The number of carbonyl (C=O) groups is 2. The number of hydrogen-bond donors (Lipinski definition) is 1. The summed E-state index contributed by atoms with van der Waals surface area (Å²) in [4.78, 5) is 24.9. The van der Waals surface area contributed by atoms with Crippen molar-refractivity contribution in [3.05, 3.63) is 46.2 Å². The second-order valence-corrected chi connectivity index (χ2v) is 10.5. The maximum Gasteiger partial charge on any atom is 0.265 e. The molecule has 3 rings (SSSR count). The molecule has 0 unspecified atom stereocenters. The molecule has 1 saturated heterocycles. The lowest BCUT2D eigenvalue weighted by atomic mass is 9.94. The van der Waals surface area contributed by atoms with Crippen molar-refractivity contribution in [2.24, 2.45) is 11.8 Å². The highest BCUT2D eigenvalue weighted by molar-refractivity contribution is 7.89. The lowest BCUT2D eigenvalue weighted by Crippen LogP contribution is -2.42. The summed E-state index contributed by atoms with van der Waals surface area (Å²) in [5, 5.41) is 2.73. The zero-order valence-corrected chi connectivity index (χ0v) is 17.8. The van der Waals surface area contributed by atoms with Crippen LogP contribution in [0.3, 0.4) is 0 Å². The number of thiophene rings is 1. The van der Waals surface area contributed by atoms with Gasteiger partial charge in [0.2, 0.25) is 10.0 Å². The van der Waals surface area contributed by atoms with Crippen LogP contribution in [0, 0.1) is 11.8 Å². The molecule has 28 heavy (non-hydrogen) atoms. The van der Waals surface area contributed by atoms with Gasteiger partial charge >= 0.3 is 0 Å². The topological polar surface area (TPSA) is 83.5 Å². The van der Waals surface area contributed by atoms with Crippen molar-refractivity contribution >= 4 is 38.7 Å². The number of carbonyl (C=O) groups excluding carboxylic acids is 2. The fourth-order valence-corrected chi connectivity index (χ4v) is 5.98. The van der Waals surface area contributed by atoms with Gasteiger partial charge in [-0.3, -0.25) is 9.59 Å². The molecule has 0 aliphatic carbocycles. The highest BCUT2D eigenvalue weighted by Gasteiger charge is 2.31. The van der Waals surface area contributed by atoms with Gasteiger partial charge in [-0.2, -0.15) is 4.31 Å². The van der Waals surface area contributed by atoms with Crippen molar-refractivity contribution in [1.29, 1.82) is 0 Å². The molecule has 0 radical (unpaired) electrons. The summed E-state index contributed by atoms with van der Waals surface area (Å²) in [6.07, 6.45) is 1.03. The van der Waals surface area contributed by atoms with Gasteiger partial charge in [-0.05, 0) is 61.6 Å². The van der Waals surface area contributed by atoms with Gasteiger partial charge in [0, 0.05) is 18.8 Å². The Bertz CT molecular complexity index is 970. The Labute approximate surface area is 169 Å². The molecule has 1 N–H and O–H groups in total. The average Bonchev–Trinajstić information content (AvgIpc) is 3.12. The van der Waals surface area contributed by atoms with Crippen LogP contribution in [0.4, 0.5) is 5.69 Å². The minimum Gasteiger partial charge on any atom is -0.321 e. The number of benzene rings is 1. The Balaban J connectivity index is 1.72. The largest absolute Gasteiger partial charge is 0.321 e. The van der Waals surface area contributed by atoms with Crippen LogP contribution < -0.4 is 5.32 Å². The molecule has 1 aromatic heterocycles. The zero-order chi connectivity index (χ0) is 20.5. The quantitative estimate of drug-likeness (QED) is 0.744. The summed E-state index contributed by atoms with van der Waals surface area (Å²) in [7, 11) is -3.55. The molecule has 1 aliphatic rings. The SMILES string of the molecule is CC(=O)c1ccc(C(=O)Nc2ccc(S(=O)(=O)N3C[C@@H](C)C[C@H](C)C3)cc2)s1. The summed E-state index contributed by atoms with van der Waals surface area (Å²) in [6.45, 7) is 6.65. The first-order valence-corrected chi connectivity index (χ1v) is 11.4. The van der Waals surface area contributed by atoms with Gasteiger partial charge in [0.15, 0.2) is 5.78 Å². The van der Waals surface area contributed by atoms with E-state index in [1.165, 1.54) is 19.1 Å². The number of sulfonamides is 1. The Morgan fingerprint density at radius 3 is 2.11 bits per heavy atom. The van der Waals surface area contributed by atoms with E-state index in [-0.39, 0.29) is 16.6 Å². The fourth-order valence-electron chi connectivity index (χ4n) is 3.50. The standard InChI is InChI=1S/C20H24N2O4S2/c1-13-10-14(2)12-22(11-13)28(25,26)17-6-4-16(5-7-17)21-20(24)19-9-8-18(27-19)15(3)23/h4-9,13-14H,10-12H2,1-3H3,(H,21,24)/t13-,14-/m0/s1. The van der Waals surface area contributed by atoms with Crippen LogP contribution >= 0.6 is 11.3 Å². The first-order chi connectivity index (χ1) is 13.2. The normalized spacial score (nSPS) is 20.7. The molecule has 0 spiro atoms. The van der Waals surface area contributed by atoms with E-state index in [0.717, 1.165) is 17.8 Å². The third-order valence-corrected chi connectivity index (χ3v) is 7.79. The lowest BCUT2D eigenvalue weighted by Gasteiger charge is -2.34. The number of anilines is 1. The van der Waals surface area contributed by atoms with Crippen LogP contribution in [-0.2, 0) is 10.0 Å². The van der Waals surface area contributed by atoms with Crippen molar-refractivity contribution in [1.82, 2.24) is 4.31 Å². The molecule has 1 amide bonds. The van der Waals surface area contributed by atoms with Gasteiger partial charge in [0.25, 0.3) is 5.91 Å². The number of ketones is 1. The monoisotopic (exact) mass is 420 g/mol. The summed E-state index contributed by atoms with van der Waals surface area (Å²) < 4.78 is 27.4. The number of piperidine rings is 1. The van der Waals surface area contributed by atoms with Crippen molar-refractivity contribution in [2.45, 2.75) is 32.1 Å². The Morgan fingerprint density at radius 2 is 1.57 bits per heavy atom. The predicted molar refractivity (Wildman–Crippen MR) is 110 cm³/mol. The number of rotatable bonds is 5. The molecule has 1 fully saturated rings. The maximum atomic E-state index is 12.9. The minimum atomic E-state index is -3.55. The van der Waals surface area contributed by atoms with Gasteiger partial charge in [-0.15, -0.1) is 11.3 Å². The molecule has 0 saturated carbocycles. The van der Waals surface area contributed by atoms with Crippen LogP contribution in [-0.4, -0.2) is 37.5 Å². The molecular weight excluding hydrogens is 396 g/mol. The van der Waals surface area contributed by atoms with Crippen molar-refractivity contribution in [3.8, 4) is 0 Å². The van der Waals surface area contributed by atoms with Crippen LogP contribution in [0.2, 0.25) is 0 Å². The van der Waals surface area contributed by atoms with Crippen molar-refractivity contribution in [2.75, 3.05) is 18.4 Å². The smallest absolute Gasteiger partial charge is 0.265 e. The second kappa shape index (κ2) is 8.14. The lowest BCUT2D eigenvalue weighted by molar-refractivity contribution is 0.101. The van der Waals surface area contributed by atoms with E-state index in [4.69, 9.17) is 0 Å². The second-order valence-electron chi connectivity index (χ2n) is 7.47. The Kier molecular flexibility index (Phi) is 6.02.